The van der Waals surface area contributed by atoms with Crippen LogP contribution in [0.15, 0.2) is 60.9 Å². The molecule has 8 nitrogen and oxygen atoms in total. The lowest BCUT2D eigenvalue weighted by atomic mass is 10.1. The molecule has 35 heavy (non-hydrogen) atoms. The van der Waals surface area contributed by atoms with Gasteiger partial charge in [0, 0.05) is 37.1 Å². The van der Waals surface area contributed by atoms with Crippen LogP contribution in [0.3, 0.4) is 0 Å². The molecule has 176 valence electrons. The van der Waals surface area contributed by atoms with Gasteiger partial charge in [-0.3, -0.25) is 24.6 Å². The average molecular weight is 486 g/mol. The third kappa shape index (κ3) is 4.15. The van der Waals surface area contributed by atoms with E-state index < -0.39 is 5.91 Å². The zero-order valence-corrected chi connectivity index (χ0v) is 20.1. The van der Waals surface area contributed by atoms with E-state index in [-0.39, 0.29) is 22.9 Å². The van der Waals surface area contributed by atoms with E-state index in [0.717, 1.165) is 34.8 Å². The Morgan fingerprint density at radius 1 is 1.06 bits per heavy atom. The first-order chi connectivity index (χ1) is 17.0. The number of hydrogen-bond acceptors (Lipinski definition) is 6. The number of hydrogen-bond donors (Lipinski definition) is 1. The van der Waals surface area contributed by atoms with Gasteiger partial charge in [-0.25, -0.2) is 9.97 Å². The normalized spacial score (nSPS) is 12.8. The maximum absolute atomic E-state index is 13.1. The highest BCUT2D eigenvalue weighted by Gasteiger charge is 2.35. The number of imide groups is 1. The van der Waals surface area contributed by atoms with Gasteiger partial charge < -0.3 is 4.57 Å². The molecule has 1 aliphatic heterocycles. The molecule has 0 saturated heterocycles. The maximum atomic E-state index is 13.1. The minimum Gasteiger partial charge on any atom is -0.333 e. The number of rotatable bonds is 7. The second kappa shape index (κ2) is 9.27. The molecule has 2 aromatic heterocycles. The first-order valence-electron chi connectivity index (χ1n) is 11.3. The van der Waals surface area contributed by atoms with Crippen LogP contribution in [-0.4, -0.2) is 43.7 Å². The van der Waals surface area contributed by atoms with Crippen molar-refractivity contribution >= 4 is 34.2 Å². The Labute approximate surface area is 206 Å². The van der Waals surface area contributed by atoms with Crippen LogP contribution in [-0.2, 0) is 7.05 Å². The van der Waals surface area contributed by atoms with Gasteiger partial charge in [-0.05, 0) is 24.6 Å². The second-order valence-corrected chi connectivity index (χ2v) is 9.25. The third-order valence-corrected chi connectivity index (χ3v) is 6.85. The van der Waals surface area contributed by atoms with E-state index in [9.17, 15) is 14.4 Å². The van der Waals surface area contributed by atoms with Gasteiger partial charge in [0.1, 0.15) is 0 Å². The Morgan fingerprint density at radius 3 is 2.54 bits per heavy atom. The van der Waals surface area contributed by atoms with E-state index in [1.54, 1.807) is 18.3 Å². The molecular formula is C26H23N5O3S. The van der Waals surface area contributed by atoms with Crippen LogP contribution in [0.25, 0.3) is 22.0 Å². The summed E-state index contributed by atoms with van der Waals surface area (Å²) in [7, 11) is 1.90. The van der Waals surface area contributed by atoms with Crippen molar-refractivity contribution in [1.82, 2.24) is 19.4 Å². The van der Waals surface area contributed by atoms with Gasteiger partial charge in [0.15, 0.2) is 11.0 Å². The summed E-state index contributed by atoms with van der Waals surface area (Å²) in [6, 6.07) is 14.3. The van der Waals surface area contributed by atoms with Gasteiger partial charge in [-0.2, -0.15) is 0 Å². The lowest BCUT2D eigenvalue weighted by molar-refractivity contribution is 0.0652. The first kappa shape index (κ1) is 22.7. The Bertz CT molecular complexity index is 1440. The standard InChI is InChI=1S/C26H23N5O3S/c1-3-4-13-31-24(33)18-11-10-17(15-19(18)25(31)34)23(32)29-26-28-20(16-8-6-5-7-9-16)21(35-26)22-27-12-14-30(22)2/h5-12,14-15H,3-4,13H2,1-2H3,(H,28,29,32). The third-order valence-electron chi connectivity index (χ3n) is 5.89. The number of anilines is 1. The summed E-state index contributed by atoms with van der Waals surface area (Å²) in [6.45, 7) is 2.38. The lowest BCUT2D eigenvalue weighted by Crippen LogP contribution is -2.30. The fraction of sp³-hybridized carbons (Fsp3) is 0.192. The van der Waals surface area contributed by atoms with E-state index in [1.165, 1.54) is 22.3 Å². The molecule has 0 radical (unpaired) electrons. The zero-order chi connectivity index (χ0) is 24.5. The summed E-state index contributed by atoms with van der Waals surface area (Å²) in [5, 5.41) is 3.27. The highest BCUT2D eigenvalue weighted by atomic mass is 32.1. The van der Waals surface area contributed by atoms with Crippen LogP contribution in [0.4, 0.5) is 5.13 Å². The molecule has 0 fully saturated rings. The van der Waals surface area contributed by atoms with E-state index in [4.69, 9.17) is 4.98 Å². The van der Waals surface area contributed by atoms with Gasteiger partial charge >= 0.3 is 0 Å². The van der Waals surface area contributed by atoms with Gasteiger partial charge in [0.25, 0.3) is 17.7 Å². The summed E-state index contributed by atoms with van der Waals surface area (Å²) in [4.78, 5) is 49.7. The van der Waals surface area contributed by atoms with Crippen molar-refractivity contribution in [3.63, 3.8) is 0 Å². The molecule has 2 aromatic carbocycles. The van der Waals surface area contributed by atoms with Gasteiger partial charge in [0.2, 0.25) is 0 Å². The number of fused-ring (bicyclic) bond motifs is 1. The number of aryl methyl sites for hydroxylation is 1. The van der Waals surface area contributed by atoms with Crippen LogP contribution in [0, 0.1) is 0 Å². The van der Waals surface area contributed by atoms with Gasteiger partial charge in [-0.1, -0.05) is 55.0 Å². The highest BCUT2D eigenvalue weighted by Crippen LogP contribution is 2.38. The largest absolute Gasteiger partial charge is 0.333 e. The number of thiazole rings is 1. The minimum absolute atomic E-state index is 0.261. The predicted molar refractivity (Wildman–Crippen MR) is 134 cm³/mol. The summed E-state index contributed by atoms with van der Waals surface area (Å²) >= 11 is 1.33. The zero-order valence-electron chi connectivity index (χ0n) is 19.3. The molecule has 1 aliphatic rings. The summed E-state index contributed by atoms with van der Waals surface area (Å²) in [6.07, 6.45) is 5.19. The Hall–Kier alpha value is -4.11. The van der Waals surface area contributed by atoms with Crippen molar-refractivity contribution in [2.75, 3.05) is 11.9 Å². The van der Waals surface area contributed by atoms with Crippen LogP contribution in [0.5, 0.6) is 0 Å². The molecule has 3 amide bonds. The molecule has 0 unspecified atom stereocenters. The number of nitrogens with one attached hydrogen (secondary N) is 1. The van der Waals surface area contributed by atoms with Crippen LogP contribution in [0.2, 0.25) is 0 Å². The molecule has 9 heteroatoms. The SMILES string of the molecule is CCCCN1C(=O)c2ccc(C(=O)Nc3nc(-c4ccccc4)c(-c4nccn4C)s3)cc2C1=O. The average Bonchev–Trinajstić information content (AvgIpc) is 3.55. The fourth-order valence-corrected chi connectivity index (χ4v) is 5.04. The molecule has 0 bridgehead atoms. The minimum atomic E-state index is -0.403. The molecule has 5 rings (SSSR count). The van der Waals surface area contributed by atoms with Crippen molar-refractivity contribution in [3.05, 3.63) is 77.6 Å². The van der Waals surface area contributed by atoms with Crippen molar-refractivity contribution in [2.24, 2.45) is 7.05 Å². The van der Waals surface area contributed by atoms with E-state index in [0.29, 0.717) is 17.2 Å². The number of nitrogens with zero attached hydrogens (tertiary/aromatic N) is 4. The lowest BCUT2D eigenvalue weighted by Gasteiger charge is -2.12. The van der Waals surface area contributed by atoms with Crippen molar-refractivity contribution in [1.29, 1.82) is 0 Å². The summed E-state index contributed by atoms with van der Waals surface area (Å²) < 4.78 is 1.90. The fourth-order valence-electron chi connectivity index (χ4n) is 4.02. The molecule has 1 N–H and O–H groups in total. The second-order valence-electron chi connectivity index (χ2n) is 8.25. The number of benzene rings is 2. The van der Waals surface area contributed by atoms with Gasteiger partial charge in [0.05, 0.1) is 21.7 Å². The quantitative estimate of drug-likeness (QED) is 0.377. The smallest absolute Gasteiger partial charge is 0.261 e. The number of carbonyl (C=O) groups is 3. The number of unbranched alkanes of at least 4 members (excludes halogenated alkanes) is 1. The Morgan fingerprint density at radius 2 is 1.83 bits per heavy atom. The summed E-state index contributed by atoms with van der Waals surface area (Å²) in [5.41, 5.74) is 2.52. The number of carbonyl (C=O) groups excluding carboxylic acids is 3. The topological polar surface area (TPSA) is 97.2 Å². The van der Waals surface area contributed by atoms with Crippen LogP contribution >= 0.6 is 11.3 Å². The van der Waals surface area contributed by atoms with E-state index >= 15 is 0 Å². The van der Waals surface area contributed by atoms with E-state index in [2.05, 4.69) is 10.3 Å². The molecule has 3 heterocycles. The molecule has 0 atom stereocenters. The molecule has 4 aromatic rings. The Balaban J connectivity index is 1.44. The van der Waals surface area contributed by atoms with Crippen molar-refractivity contribution < 1.29 is 14.4 Å². The highest BCUT2D eigenvalue weighted by molar-refractivity contribution is 7.19. The molecular weight excluding hydrogens is 462 g/mol. The first-order valence-corrected chi connectivity index (χ1v) is 12.1. The molecule has 0 aliphatic carbocycles. The number of aromatic nitrogens is 3. The van der Waals surface area contributed by atoms with Gasteiger partial charge in [-0.15, -0.1) is 0 Å². The number of amides is 3. The molecule has 0 saturated carbocycles. The van der Waals surface area contributed by atoms with Crippen LogP contribution in [0.1, 0.15) is 50.8 Å². The monoisotopic (exact) mass is 485 g/mol. The van der Waals surface area contributed by atoms with Crippen LogP contribution < -0.4 is 5.32 Å². The molecule has 0 spiro atoms. The van der Waals surface area contributed by atoms with Crippen molar-refractivity contribution in [2.45, 2.75) is 19.8 Å². The number of imidazole rings is 1. The predicted octanol–water partition coefficient (Wildman–Crippen LogP) is 4.86. The maximum Gasteiger partial charge on any atom is 0.261 e. The Kier molecular flexibility index (Phi) is 6.00. The summed E-state index contributed by atoms with van der Waals surface area (Å²) in [5.74, 6) is -0.321. The van der Waals surface area contributed by atoms with E-state index in [1.807, 2.05) is 55.1 Å². The van der Waals surface area contributed by atoms with Crippen molar-refractivity contribution in [3.8, 4) is 22.0 Å².